The first kappa shape index (κ1) is 22.3. The molecule has 0 bridgehead atoms. The molecule has 2 amide bonds. The summed E-state index contributed by atoms with van der Waals surface area (Å²) in [6, 6.07) is 21.5. The molecule has 3 atom stereocenters. The molecule has 0 spiro atoms. The summed E-state index contributed by atoms with van der Waals surface area (Å²) in [6.07, 6.45) is 0. The van der Waals surface area contributed by atoms with Gasteiger partial charge >= 0.3 is 0 Å². The Bertz CT molecular complexity index is 996. The maximum Gasteiger partial charge on any atom is 0.251 e. The number of furan rings is 1. The Hall–Kier alpha value is -3.34. The Morgan fingerprint density at radius 1 is 0.742 bits per heavy atom. The van der Waals surface area contributed by atoms with Crippen LogP contribution < -0.4 is 10.6 Å². The molecule has 0 saturated heterocycles. The lowest BCUT2D eigenvalue weighted by molar-refractivity contribution is 0.0860. The van der Waals surface area contributed by atoms with Crippen molar-refractivity contribution in [3.05, 3.63) is 95.4 Å². The zero-order valence-corrected chi connectivity index (χ0v) is 18.5. The highest BCUT2D eigenvalue weighted by Crippen LogP contribution is 2.30. The quantitative estimate of drug-likeness (QED) is 0.531. The van der Waals surface area contributed by atoms with Crippen molar-refractivity contribution in [2.24, 2.45) is 11.8 Å². The molecule has 0 unspecified atom stereocenters. The molecule has 0 fully saturated rings. The van der Waals surface area contributed by atoms with Crippen molar-refractivity contribution in [3.8, 4) is 0 Å². The molecule has 0 aliphatic rings. The molecule has 1 aromatic heterocycles. The summed E-state index contributed by atoms with van der Waals surface area (Å²) < 4.78 is 5.90. The fourth-order valence-corrected chi connectivity index (χ4v) is 3.83. The Morgan fingerprint density at radius 3 is 1.71 bits per heavy atom. The number of benzene rings is 2. The van der Waals surface area contributed by atoms with Gasteiger partial charge in [-0.25, -0.2) is 0 Å². The molecule has 5 heteroatoms. The van der Waals surface area contributed by atoms with Crippen LogP contribution in [-0.2, 0) is 0 Å². The van der Waals surface area contributed by atoms with Gasteiger partial charge in [0.1, 0.15) is 11.5 Å². The number of rotatable bonds is 8. The molecule has 0 aliphatic heterocycles. The van der Waals surface area contributed by atoms with Crippen LogP contribution in [0.25, 0.3) is 0 Å². The van der Waals surface area contributed by atoms with E-state index in [2.05, 4.69) is 24.5 Å². The highest BCUT2D eigenvalue weighted by molar-refractivity contribution is 5.95. The summed E-state index contributed by atoms with van der Waals surface area (Å²) in [5.74, 6) is 1.17. The minimum atomic E-state index is -0.398. The Morgan fingerprint density at radius 2 is 1.26 bits per heavy atom. The summed E-state index contributed by atoms with van der Waals surface area (Å²) >= 11 is 0. The van der Waals surface area contributed by atoms with Gasteiger partial charge in [-0.3, -0.25) is 9.59 Å². The number of carbonyl (C=O) groups is 2. The minimum absolute atomic E-state index is 0.120. The van der Waals surface area contributed by atoms with Crippen molar-refractivity contribution >= 4 is 11.8 Å². The van der Waals surface area contributed by atoms with Gasteiger partial charge in [0.2, 0.25) is 0 Å². The number of nitrogens with one attached hydrogen (secondary N) is 2. The molecule has 31 heavy (non-hydrogen) atoms. The molecule has 3 rings (SSSR count). The average Bonchev–Trinajstić information content (AvgIpc) is 3.21. The van der Waals surface area contributed by atoms with E-state index in [1.165, 1.54) is 0 Å². The standard InChI is InChI=1S/C26H30N2O3/c1-17(2)23(27-25(29)20-11-7-5-8-12-20)19(4)24(22-16-15-18(3)31-22)28-26(30)21-13-9-6-10-14-21/h5-17,19,23-24H,1-4H3,(H,27,29)(H,28,30)/t19-,23-,24-/m0/s1. The normalized spacial score (nSPS) is 14.0. The smallest absolute Gasteiger partial charge is 0.251 e. The van der Waals surface area contributed by atoms with E-state index >= 15 is 0 Å². The Balaban J connectivity index is 1.86. The van der Waals surface area contributed by atoms with Crippen LogP contribution in [0.1, 0.15) is 59.0 Å². The van der Waals surface area contributed by atoms with Crippen LogP contribution in [0.15, 0.2) is 77.2 Å². The SMILES string of the molecule is Cc1ccc([C@@H](NC(=O)c2ccccc2)[C@@H](C)[C@@H](NC(=O)c2ccccc2)C(C)C)o1. The first-order valence-electron chi connectivity index (χ1n) is 10.6. The monoisotopic (exact) mass is 418 g/mol. The van der Waals surface area contributed by atoms with Crippen LogP contribution in [-0.4, -0.2) is 17.9 Å². The molecule has 0 radical (unpaired) electrons. The fraction of sp³-hybridized carbons (Fsp3) is 0.308. The van der Waals surface area contributed by atoms with E-state index in [9.17, 15) is 9.59 Å². The van der Waals surface area contributed by atoms with Crippen LogP contribution in [0.4, 0.5) is 0 Å². The Kier molecular flexibility index (Phi) is 7.29. The summed E-state index contributed by atoms with van der Waals surface area (Å²) in [5.41, 5.74) is 1.19. The van der Waals surface area contributed by atoms with E-state index in [0.717, 1.165) is 5.76 Å². The molecule has 1 heterocycles. The van der Waals surface area contributed by atoms with Gasteiger partial charge in [-0.2, -0.15) is 0 Å². The first-order chi connectivity index (χ1) is 14.9. The molecular weight excluding hydrogens is 388 g/mol. The third-order valence-corrected chi connectivity index (χ3v) is 5.53. The molecule has 162 valence electrons. The van der Waals surface area contributed by atoms with Crippen LogP contribution >= 0.6 is 0 Å². The lowest BCUT2D eigenvalue weighted by atomic mass is 9.84. The molecule has 0 aliphatic carbocycles. The van der Waals surface area contributed by atoms with Crippen molar-refractivity contribution in [3.63, 3.8) is 0 Å². The van der Waals surface area contributed by atoms with E-state index in [1.54, 1.807) is 24.3 Å². The average molecular weight is 419 g/mol. The minimum Gasteiger partial charge on any atom is -0.464 e. The lowest BCUT2D eigenvalue weighted by Crippen LogP contribution is -2.48. The Labute approximate surface area is 183 Å². The molecule has 5 nitrogen and oxygen atoms in total. The summed E-state index contributed by atoms with van der Waals surface area (Å²) in [6.45, 7) is 8.04. The van der Waals surface area contributed by atoms with Crippen LogP contribution in [0.3, 0.4) is 0 Å². The zero-order valence-electron chi connectivity index (χ0n) is 18.5. The summed E-state index contributed by atoms with van der Waals surface area (Å²) in [7, 11) is 0. The summed E-state index contributed by atoms with van der Waals surface area (Å²) in [5, 5.41) is 6.30. The van der Waals surface area contributed by atoms with Gasteiger partial charge < -0.3 is 15.1 Å². The number of aryl methyl sites for hydroxylation is 1. The number of carbonyl (C=O) groups excluding carboxylic acids is 2. The van der Waals surface area contributed by atoms with E-state index in [0.29, 0.717) is 16.9 Å². The number of amides is 2. The third kappa shape index (κ3) is 5.63. The van der Waals surface area contributed by atoms with Crippen molar-refractivity contribution in [1.82, 2.24) is 10.6 Å². The predicted octanol–water partition coefficient (Wildman–Crippen LogP) is 5.15. The van der Waals surface area contributed by atoms with Gasteiger partial charge in [-0.05, 0) is 49.2 Å². The fourth-order valence-electron chi connectivity index (χ4n) is 3.83. The van der Waals surface area contributed by atoms with Gasteiger partial charge in [0.05, 0.1) is 6.04 Å². The van der Waals surface area contributed by atoms with E-state index < -0.39 is 6.04 Å². The van der Waals surface area contributed by atoms with Crippen LogP contribution in [0, 0.1) is 18.8 Å². The second-order valence-corrected chi connectivity index (χ2v) is 8.23. The lowest BCUT2D eigenvalue weighted by Gasteiger charge is -2.34. The number of hydrogen-bond acceptors (Lipinski definition) is 3. The van der Waals surface area contributed by atoms with E-state index in [1.807, 2.05) is 62.4 Å². The van der Waals surface area contributed by atoms with Crippen molar-refractivity contribution < 1.29 is 14.0 Å². The van der Waals surface area contributed by atoms with Crippen LogP contribution in [0.5, 0.6) is 0 Å². The predicted molar refractivity (Wildman–Crippen MR) is 122 cm³/mol. The van der Waals surface area contributed by atoms with Gasteiger partial charge in [-0.15, -0.1) is 0 Å². The third-order valence-electron chi connectivity index (χ3n) is 5.53. The maximum atomic E-state index is 12.9. The molecule has 2 aromatic carbocycles. The highest BCUT2D eigenvalue weighted by atomic mass is 16.3. The van der Waals surface area contributed by atoms with Gasteiger partial charge in [0, 0.05) is 23.1 Å². The largest absolute Gasteiger partial charge is 0.464 e. The van der Waals surface area contributed by atoms with E-state index in [4.69, 9.17) is 4.42 Å². The molecule has 2 N–H and O–H groups in total. The number of hydrogen-bond donors (Lipinski definition) is 2. The molecule has 0 saturated carbocycles. The van der Waals surface area contributed by atoms with Gasteiger partial charge in [0.15, 0.2) is 0 Å². The van der Waals surface area contributed by atoms with Gasteiger partial charge in [0.25, 0.3) is 11.8 Å². The zero-order chi connectivity index (χ0) is 22.4. The molecule has 3 aromatic rings. The highest BCUT2D eigenvalue weighted by Gasteiger charge is 2.33. The topological polar surface area (TPSA) is 71.3 Å². The second kappa shape index (κ2) is 10.1. The van der Waals surface area contributed by atoms with Crippen molar-refractivity contribution in [1.29, 1.82) is 0 Å². The summed E-state index contributed by atoms with van der Waals surface area (Å²) in [4.78, 5) is 25.8. The second-order valence-electron chi connectivity index (χ2n) is 8.23. The molecular formula is C26H30N2O3. The maximum absolute atomic E-state index is 12.9. The van der Waals surface area contributed by atoms with Crippen LogP contribution in [0.2, 0.25) is 0 Å². The van der Waals surface area contributed by atoms with Gasteiger partial charge in [-0.1, -0.05) is 57.2 Å². The van der Waals surface area contributed by atoms with Crippen molar-refractivity contribution in [2.45, 2.75) is 39.8 Å². The van der Waals surface area contributed by atoms with Crippen molar-refractivity contribution in [2.75, 3.05) is 0 Å². The first-order valence-corrected chi connectivity index (χ1v) is 10.6. The van der Waals surface area contributed by atoms with E-state index in [-0.39, 0.29) is 29.7 Å².